The summed E-state index contributed by atoms with van der Waals surface area (Å²) in [6.45, 7) is -0.853. The number of hydrogen-bond donors (Lipinski definition) is 6. The monoisotopic (exact) mass is 464 g/mol. The fourth-order valence-corrected chi connectivity index (χ4v) is 4.49. The molecule has 12 nitrogen and oxygen atoms in total. The maximum Gasteiger partial charge on any atom is 0.502 e. The molecule has 0 bridgehead atoms. The number of aliphatic hydroxyl groups is 4. The molecule has 3 heterocycles. The van der Waals surface area contributed by atoms with E-state index in [-0.39, 0.29) is 23.8 Å². The first-order valence-electron chi connectivity index (χ1n) is 9.76. The maximum absolute atomic E-state index is 13.2. The molecule has 3 aliphatic rings. The van der Waals surface area contributed by atoms with Crippen LogP contribution in [-0.4, -0.2) is 109 Å². The van der Waals surface area contributed by atoms with Crippen molar-refractivity contribution in [3.63, 3.8) is 0 Å². The van der Waals surface area contributed by atoms with E-state index >= 15 is 0 Å². The zero-order valence-electron chi connectivity index (χ0n) is 16.7. The summed E-state index contributed by atoms with van der Waals surface area (Å²) < 4.78 is 6.44. The van der Waals surface area contributed by atoms with E-state index in [1.165, 1.54) is 11.8 Å². The van der Waals surface area contributed by atoms with Gasteiger partial charge in [0.05, 0.1) is 6.61 Å². The lowest BCUT2D eigenvalue weighted by atomic mass is 10.1. The van der Waals surface area contributed by atoms with Crippen LogP contribution in [0, 0.1) is 5.41 Å². The zero-order valence-corrected chi connectivity index (χ0v) is 17.5. The van der Waals surface area contributed by atoms with Gasteiger partial charge >= 0.3 is 11.9 Å². The fraction of sp³-hybridized carbons (Fsp3) is 0.421. The lowest BCUT2D eigenvalue weighted by Gasteiger charge is -2.20. The van der Waals surface area contributed by atoms with Crippen LogP contribution in [-0.2, 0) is 9.53 Å². The van der Waals surface area contributed by atoms with Crippen LogP contribution in [0.3, 0.4) is 0 Å². The van der Waals surface area contributed by atoms with Crippen molar-refractivity contribution in [2.24, 2.45) is 4.99 Å². The summed E-state index contributed by atoms with van der Waals surface area (Å²) in [5, 5.41) is 50.2. The number of β-amino-alcohol motifs (C(OH)–C–C–N with tert-alkyl or cyclic N) is 1. The molecule has 1 aromatic rings. The van der Waals surface area contributed by atoms with Crippen molar-refractivity contribution in [1.29, 1.82) is 5.41 Å². The molecule has 0 spiro atoms. The van der Waals surface area contributed by atoms with Gasteiger partial charge in [0.1, 0.15) is 31.0 Å². The zero-order chi connectivity index (χ0) is 23.0. The summed E-state index contributed by atoms with van der Waals surface area (Å²) >= 11 is 1.37. The third kappa shape index (κ3) is 4.05. The third-order valence-electron chi connectivity index (χ3n) is 5.16. The molecule has 5 atom stereocenters. The van der Waals surface area contributed by atoms with Gasteiger partial charge in [-0.25, -0.2) is 0 Å². The Labute approximate surface area is 186 Å². The fourth-order valence-electron chi connectivity index (χ4n) is 3.65. The van der Waals surface area contributed by atoms with Gasteiger partial charge in [0.25, 0.3) is 11.5 Å². The predicted octanol–water partition coefficient (Wildman–Crippen LogP) is -2.07. The molecule has 13 heteroatoms. The number of carbonyl (C=O) groups is 2. The van der Waals surface area contributed by atoms with Crippen molar-refractivity contribution in [2.45, 2.75) is 35.5 Å². The Kier molecular flexibility index (Phi) is 6.37. The molecule has 1 saturated heterocycles. The summed E-state index contributed by atoms with van der Waals surface area (Å²) in [5.74, 6) is -1.29. The number of fused-ring (bicyclic) bond motifs is 1. The van der Waals surface area contributed by atoms with Gasteiger partial charge in [-0.15, -0.1) is 16.7 Å². The average molecular weight is 464 g/mol. The van der Waals surface area contributed by atoms with E-state index in [2.05, 4.69) is 10.3 Å². The predicted molar refractivity (Wildman–Crippen MR) is 112 cm³/mol. The van der Waals surface area contributed by atoms with Gasteiger partial charge in [-0.1, -0.05) is 18.2 Å². The molecule has 170 valence electrons. The third-order valence-corrected chi connectivity index (χ3v) is 6.32. The highest BCUT2D eigenvalue weighted by molar-refractivity contribution is 7.99. The quantitative estimate of drug-likeness (QED) is 0.197. The van der Waals surface area contributed by atoms with Crippen LogP contribution in [0.15, 0.2) is 40.2 Å². The molecule has 3 aliphatic heterocycles. The van der Waals surface area contributed by atoms with Crippen molar-refractivity contribution >= 4 is 41.2 Å². The van der Waals surface area contributed by atoms with Crippen LogP contribution >= 0.6 is 11.8 Å². The van der Waals surface area contributed by atoms with E-state index in [0.29, 0.717) is 0 Å². The number of carbonyl (C=O) groups excluding carboxylic acids is 2. The Balaban J connectivity index is 1.59. The van der Waals surface area contributed by atoms with Gasteiger partial charge in [-0.05, 0) is 12.1 Å². The molecular formula is C19H22N5O7S+. The number of urea groups is 1. The maximum atomic E-state index is 13.2. The van der Waals surface area contributed by atoms with E-state index in [4.69, 9.17) is 10.1 Å². The molecule has 0 saturated carbocycles. The first-order chi connectivity index (χ1) is 15.3. The van der Waals surface area contributed by atoms with Crippen molar-refractivity contribution in [2.75, 3.05) is 18.9 Å². The Morgan fingerprint density at radius 3 is 2.62 bits per heavy atom. The number of nitrogens with one attached hydrogen (secondary N) is 2. The number of thioether (sulfide) groups is 1. The van der Waals surface area contributed by atoms with Gasteiger partial charge in [-0.3, -0.25) is 15.5 Å². The molecule has 32 heavy (non-hydrogen) atoms. The van der Waals surface area contributed by atoms with Crippen molar-refractivity contribution in [1.82, 2.24) is 10.2 Å². The van der Waals surface area contributed by atoms with Crippen LogP contribution < -0.4 is 5.32 Å². The number of rotatable bonds is 7. The number of aliphatic imine (C=N–C) groups is 1. The summed E-state index contributed by atoms with van der Waals surface area (Å²) in [5.41, 5.74) is -0.201. The Morgan fingerprint density at radius 2 is 1.97 bits per heavy atom. The minimum Gasteiger partial charge on any atom is -0.394 e. The molecule has 3 amide bonds. The second kappa shape index (κ2) is 9.05. The second-order valence-electron chi connectivity index (χ2n) is 7.36. The van der Waals surface area contributed by atoms with Crippen LogP contribution in [0.4, 0.5) is 4.79 Å². The highest BCUT2D eigenvalue weighted by atomic mass is 32.2. The second-order valence-corrected chi connectivity index (χ2v) is 8.45. The van der Waals surface area contributed by atoms with E-state index in [0.717, 1.165) is 14.4 Å². The van der Waals surface area contributed by atoms with E-state index in [1.807, 2.05) is 30.3 Å². The van der Waals surface area contributed by atoms with Gasteiger partial charge in [-0.2, -0.15) is 14.4 Å². The number of ether oxygens (including phenoxy) is 1. The van der Waals surface area contributed by atoms with Gasteiger partial charge in [0.2, 0.25) is 12.2 Å². The molecule has 6 N–H and O–H groups in total. The standard InChI is InChI=1S/C19H21N5O7S/c20-18-21-15-12(16(29)22-18)23(6-9(26)8-32-10-4-2-1-3-5-10)19(30)24(15)17-14(28)13(27)11(7-25)31-17/h1-5,9,11,13-14,17,25-28H,6-8H2,(H-,20,22,29)/p+1/t9?,11-,13-,14-,17-/m1/s1. The summed E-state index contributed by atoms with van der Waals surface area (Å²) in [7, 11) is 0. The van der Waals surface area contributed by atoms with Crippen molar-refractivity contribution in [3.8, 4) is 0 Å². The van der Waals surface area contributed by atoms with Crippen LogP contribution in [0.2, 0.25) is 0 Å². The minimum atomic E-state index is -1.59. The molecule has 4 rings (SSSR count). The first-order valence-corrected chi connectivity index (χ1v) is 10.8. The average Bonchev–Trinajstić information content (AvgIpc) is 3.20. The van der Waals surface area contributed by atoms with Crippen LogP contribution in [0.1, 0.15) is 0 Å². The molecule has 1 fully saturated rings. The lowest BCUT2D eigenvalue weighted by Crippen LogP contribution is -2.53. The Hall–Kier alpha value is -2.68. The molecular weight excluding hydrogens is 442 g/mol. The summed E-state index contributed by atoms with van der Waals surface area (Å²) in [6, 6.07) is 8.52. The SMILES string of the molecule is N=C1N=C2C(=[N+](CC(O)CSc3ccccc3)C(=O)N2[C@@H]2O[C@H](CO)[C@@H](O)[C@H]2O)C(=O)N1. The smallest absolute Gasteiger partial charge is 0.394 e. The molecule has 0 radical (unpaired) electrons. The largest absolute Gasteiger partial charge is 0.502 e. The number of aliphatic hydroxyl groups excluding tert-OH is 4. The highest BCUT2D eigenvalue weighted by Crippen LogP contribution is 2.28. The summed E-state index contributed by atoms with van der Waals surface area (Å²) in [6.07, 6.45) is -6.66. The van der Waals surface area contributed by atoms with E-state index in [1.54, 1.807) is 0 Å². The molecule has 0 aliphatic carbocycles. The number of amidine groups is 1. The number of guanidine groups is 1. The van der Waals surface area contributed by atoms with Gasteiger partial charge in [0.15, 0.2) is 0 Å². The Morgan fingerprint density at radius 1 is 1.25 bits per heavy atom. The highest BCUT2D eigenvalue weighted by Gasteiger charge is 2.60. The lowest BCUT2D eigenvalue weighted by molar-refractivity contribution is -0.439. The van der Waals surface area contributed by atoms with Gasteiger partial charge in [0, 0.05) is 10.6 Å². The summed E-state index contributed by atoms with van der Waals surface area (Å²) in [4.78, 5) is 31.5. The van der Waals surface area contributed by atoms with Crippen LogP contribution in [0.25, 0.3) is 0 Å². The van der Waals surface area contributed by atoms with E-state index < -0.39 is 55.1 Å². The molecule has 1 aromatic carbocycles. The van der Waals surface area contributed by atoms with Crippen molar-refractivity contribution < 1.29 is 39.3 Å². The topological polar surface area (TPSA) is 179 Å². The number of amides is 3. The minimum absolute atomic E-state index is 0.201. The number of nitrogens with zero attached hydrogens (tertiary/aromatic N) is 3. The van der Waals surface area contributed by atoms with Crippen LogP contribution in [0.5, 0.6) is 0 Å². The first kappa shape index (κ1) is 22.5. The van der Waals surface area contributed by atoms with Crippen molar-refractivity contribution in [3.05, 3.63) is 30.3 Å². The normalized spacial score (nSPS) is 28.7. The van der Waals surface area contributed by atoms with Gasteiger partial charge < -0.3 is 25.2 Å². The number of hydrogen-bond acceptors (Lipinski definition) is 9. The molecule has 1 unspecified atom stereocenters. The van der Waals surface area contributed by atoms with E-state index in [9.17, 15) is 30.0 Å². The molecule has 0 aromatic heterocycles. The Bertz CT molecular complexity index is 1000. The number of benzene rings is 1.